The summed E-state index contributed by atoms with van der Waals surface area (Å²) in [6.07, 6.45) is -0.703. The van der Waals surface area contributed by atoms with E-state index in [2.05, 4.69) is 14.7 Å². The molecular weight excluding hydrogens is 621 g/mol. The number of nitrogens with zero attached hydrogens (tertiary/aromatic N) is 2. The molecule has 5 nitrogen and oxygen atoms in total. The van der Waals surface area contributed by atoms with Crippen LogP contribution in [0.3, 0.4) is 0 Å². The first-order valence-electron chi connectivity index (χ1n) is 11.1. The van der Waals surface area contributed by atoms with E-state index < -0.39 is 27.6 Å². The molecule has 190 valence electrons. The molecule has 1 aromatic heterocycles. The Kier molecular flexibility index (Phi) is 6.69. The molecule has 0 bridgehead atoms. The summed E-state index contributed by atoms with van der Waals surface area (Å²) in [5.74, 6) is -0.996. The van der Waals surface area contributed by atoms with Crippen molar-refractivity contribution >= 4 is 38.6 Å². The minimum absolute atomic E-state index is 0.0238. The van der Waals surface area contributed by atoms with Gasteiger partial charge in [-0.25, -0.2) is 27.5 Å². The number of aromatic nitrogens is 2. The van der Waals surface area contributed by atoms with E-state index in [1.54, 1.807) is 24.3 Å². The third-order valence-corrected chi connectivity index (χ3v) is 8.27. The number of benzene rings is 3. The van der Waals surface area contributed by atoms with Crippen molar-refractivity contribution < 1.29 is 26.0 Å². The second kappa shape index (κ2) is 9.67. The van der Waals surface area contributed by atoms with E-state index in [4.69, 9.17) is 0 Å². The Morgan fingerprint density at radius 3 is 2.35 bits per heavy atom. The Bertz CT molecular complexity index is 1600. The van der Waals surface area contributed by atoms with Crippen LogP contribution >= 0.6 is 22.6 Å². The molecule has 5 rings (SSSR count). The Hall–Kier alpha value is -3.06. The van der Waals surface area contributed by atoms with Crippen molar-refractivity contribution in [1.82, 2.24) is 9.97 Å². The number of halogens is 5. The first-order valence-corrected chi connectivity index (χ1v) is 13.7. The number of alkyl halides is 3. The van der Waals surface area contributed by atoms with Crippen LogP contribution in [-0.4, -0.2) is 18.4 Å². The summed E-state index contributed by atoms with van der Waals surface area (Å²) in [6.45, 7) is 0. The maximum Gasteiger partial charge on any atom is 0.416 e. The number of rotatable bonds is 5. The van der Waals surface area contributed by atoms with Crippen LogP contribution < -0.4 is 4.72 Å². The average Bonchev–Trinajstić information content (AvgIpc) is 3.27. The van der Waals surface area contributed by atoms with Crippen LogP contribution in [0.1, 0.15) is 34.6 Å². The molecule has 0 saturated carbocycles. The molecule has 0 aliphatic heterocycles. The molecule has 4 aromatic rings. The van der Waals surface area contributed by atoms with E-state index in [0.717, 1.165) is 23.3 Å². The lowest BCUT2D eigenvalue weighted by Crippen LogP contribution is -2.15. The van der Waals surface area contributed by atoms with Crippen LogP contribution in [0.4, 0.5) is 23.5 Å². The molecule has 1 aliphatic rings. The SMILES string of the molecule is O=S(=O)(Nc1ncccn1)c1ccc2c(c1)CC[C@@H]2c1ccc(C(F)(F)F)cc1-c1ccc(I)cc1F. The number of sulfonamides is 1. The summed E-state index contributed by atoms with van der Waals surface area (Å²) in [5.41, 5.74) is 1.50. The lowest BCUT2D eigenvalue weighted by molar-refractivity contribution is -0.137. The largest absolute Gasteiger partial charge is 0.416 e. The Morgan fingerprint density at radius 1 is 0.919 bits per heavy atom. The van der Waals surface area contributed by atoms with Crippen molar-refractivity contribution in [2.24, 2.45) is 0 Å². The maximum atomic E-state index is 14.9. The normalized spacial score (nSPS) is 15.4. The molecule has 1 N–H and O–H groups in total. The van der Waals surface area contributed by atoms with Gasteiger partial charge in [-0.1, -0.05) is 18.2 Å². The Balaban J connectivity index is 1.55. The van der Waals surface area contributed by atoms with Gasteiger partial charge >= 0.3 is 6.18 Å². The minimum atomic E-state index is -4.58. The van der Waals surface area contributed by atoms with Gasteiger partial charge in [0, 0.05) is 27.4 Å². The molecule has 1 atom stereocenters. The standard InChI is InChI=1S/C26H18F4IN3O2S/c27-24-14-17(31)4-8-22(24)23-13-16(26(28,29)30)3-7-21(23)20-6-2-15-12-18(5-9-19(15)20)37(35,36)34-25-32-10-1-11-33-25/h1,3-5,7-14,20H,2,6H2,(H,32,33,34)/t20-/m0/s1. The van der Waals surface area contributed by atoms with E-state index in [-0.39, 0.29) is 27.9 Å². The fourth-order valence-corrected chi connectivity index (χ4v) is 6.05. The third-order valence-electron chi connectivity index (χ3n) is 6.27. The van der Waals surface area contributed by atoms with Crippen LogP contribution in [0.5, 0.6) is 0 Å². The first-order chi connectivity index (χ1) is 17.5. The molecular formula is C26H18F4IN3O2S. The topological polar surface area (TPSA) is 72.0 Å². The quantitative estimate of drug-likeness (QED) is 0.193. The molecule has 0 unspecified atom stereocenters. The lowest BCUT2D eigenvalue weighted by atomic mass is 9.85. The summed E-state index contributed by atoms with van der Waals surface area (Å²) >= 11 is 1.94. The second-order valence-corrected chi connectivity index (χ2v) is 11.5. The summed E-state index contributed by atoms with van der Waals surface area (Å²) in [6, 6.07) is 14.0. The zero-order chi connectivity index (χ0) is 26.4. The summed E-state index contributed by atoms with van der Waals surface area (Å²) in [5, 5.41) is 0. The number of hydrogen-bond donors (Lipinski definition) is 1. The fraction of sp³-hybridized carbons (Fsp3) is 0.154. The Labute approximate surface area is 224 Å². The molecule has 0 saturated heterocycles. The predicted molar refractivity (Wildman–Crippen MR) is 139 cm³/mol. The second-order valence-electron chi connectivity index (χ2n) is 8.55. The van der Waals surface area contributed by atoms with Gasteiger partial charge in [-0.2, -0.15) is 13.2 Å². The van der Waals surface area contributed by atoms with Crippen LogP contribution in [0, 0.1) is 9.39 Å². The van der Waals surface area contributed by atoms with Crippen molar-refractivity contribution in [3.8, 4) is 11.1 Å². The molecule has 3 aromatic carbocycles. The average molecular weight is 639 g/mol. The monoisotopic (exact) mass is 639 g/mol. The number of fused-ring (bicyclic) bond motifs is 1. The highest BCUT2D eigenvalue weighted by molar-refractivity contribution is 14.1. The van der Waals surface area contributed by atoms with Crippen LogP contribution in [0.15, 0.2) is 78.0 Å². The first kappa shape index (κ1) is 25.6. The van der Waals surface area contributed by atoms with Gasteiger partial charge < -0.3 is 0 Å². The van der Waals surface area contributed by atoms with Crippen molar-refractivity contribution in [3.05, 3.63) is 105 Å². The molecule has 11 heteroatoms. The number of nitrogens with one attached hydrogen (secondary N) is 1. The molecule has 0 radical (unpaired) electrons. The van der Waals surface area contributed by atoms with E-state index in [1.165, 1.54) is 36.7 Å². The highest BCUT2D eigenvalue weighted by Gasteiger charge is 2.34. The predicted octanol–water partition coefficient (Wildman–Crippen LogP) is 6.79. The van der Waals surface area contributed by atoms with Crippen molar-refractivity contribution in [3.63, 3.8) is 0 Å². The Morgan fingerprint density at radius 2 is 1.65 bits per heavy atom. The molecule has 1 heterocycles. The van der Waals surface area contributed by atoms with Gasteiger partial charge in [-0.15, -0.1) is 0 Å². The van der Waals surface area contributed by atoms with E-state index in [9.17, 15) is 26.0 Å². The number of hydrogen-bond acceptors (Lipinski definition) is 4. The van der Waals surface area contributed by atoms with Gasteiger partial charge in [0.15, 0.2) is 0 Å². The molecule has 1 aliphatic carbocycles. The lowest BCUT2D eigenvalue weighted by Gasteiger charge is -2.20. The van der Waals surface area contributed by atoms with Gasteiger partial charge in [-0.05, 0) is 100 Å². The summed E-state index contributed by atoms with van der Waals surface area (Å²) in [7, 11) is -3.95. The van der Waals surface area contributed by atoms with E-state index in [1.807, 2.05) is 22.6 Å². The van der Waals surface area contributed by atoms with E-state index >= 15 is 0 Å². The van der Waals surface area contributed by atoms with Crippen molar-refractivity contribution in [1.29, 1.82) is 0 Å². The van der Waals surface area contributed by atoms with Crippen LogP contribution in [0.2, 0.25) is 0 Å². The van der Waals surface area contributed by atoms with Gasteiger partial charge in [0.1, 0.15) is 5.82 Å². The molecule has 0 fully saturated rings. The molecule has 37 heavy (non-hydrogen) atoms. The van der Waals surface area contributed by atoms with Gasteiger partial charge in [0.2, 0.25) is 5.95 Å². The molecule has 0 amide bonds. The highest BCUT2D eigenvalue weighted by Crippen LogP contribution is 2.45. The maximum absolute atomic E-state index is 14.9. The molecule has 0 spiro atoms. The number of anilines is 1. The van der Waals surface area contributed by atoms with Gasteiger partial charge in [0.25, 0.3) is 10.0 Å². The van der Waals surface area contributed by atoms with Gasteiger partial charge in [-0.3, -0.25) is 0 Å². The van der Waals surface area contributed by atoms with Crippen molar-refractivity contribution in [2.45, 2.75) is 29.8 Å². The van der Waals surface area contributed by atoms with E-state index in [0.29, 0.717) is 22.0 Å². The zero-order valence-electron chi connectivity index (χ0n) is 18.9. The summed E-state index contributed by atoms with van der Waals surface area (Å²) < 4.78 is 84.2. The van der Waals surface area contributed by atoms with Gasteiger partial charge in [0.05, 0.1) is 10.5 Å². The minimum Gasteiger partial charge on any atom is -0.247 e. The number of aryl methyl sites for hydroxylation is 1. The van der Waals surface area contributed by atoms with Crippen LogP contribution in [-0.2, 0) is 22.6 Å². The zero-order valence-corrected chi connectivity index (χ0v) is 21.9. The third kappa shape index (κ3) is 5.19. The smallest absolute Gasteiger partial charge is 0.247 e. The fourth-order valence-electron chi connectivity index (χ4n) is 4.59. The van der Waals surface area contributed by atoms with Crippen LogP contribution in [0.25, 0.3) is 11.1 Å². The highest BCUT2D eigenvalue weighted by atomic mass is 127. The van der Waals surface area contributed by atoms with Crippen molar-refractivity contribution in [2.75, 3.05) is 4.72 Å². The summed E-state index contributed by atoms with van der Waals surface area (Å²) in [4.78, 5) is 7.78.